The largest absolute Gasteiger partial charge is 0.497 e. The molecular formula is C14H14BrN3O4. The van der Waals surface area contributed by atoms with Crippen LogP contribution in [0.1, 0.15) is 20.8 Å². The maximum atomic E-state index is 12.1. The van der Waals surface area contributed by atoms with Crippen molar-refractivity contribution >= 4 is 27.7 Å². The zero-order chi connectivity index (χ0) is 16.1. The van der Waals surface area contributed by atoms with Gasteiger partial charge in [0, 0.05) is 16.7 Å². The van der Waals surface area contributed by atoms with Crippen LogP contribution in [0.2, 0.25) is 0 Å². The van der Waals surface area contributed by atoms with E-state index in [0.717, 1.165) is 4.47 Å². The lowest BCUT2D eigenvalue weighted by Gasteiger charge is -2.11. The minimum absolute atomic E-state index is 0.274. The fourth-order valence-electron chi connectivity index (χ4n) is 1.73. The number of aromatic nitrogens is 1. The van der Waals surface area contributed by atoms with Gasteiger partial charge >= 0.3 is 0 Å². The number of hydrogen-bond acceptors (Lipinski definition) is 4. The van der Waals surface area contributed by atoms with Gasteiger partial charge in [-0.05, 0) is 34.1 Å². The molecule has 1 heterocycles. The van der Waals surface area contributed by atoms with Crippen molar-refractivity contribution in [2.45, 2.75) is 0 Å². The molecule has 116 valence electrons. The summed E-state index contributed by atoms with van der Waals surface area (Å²) in [6.45, 7) is 0. The van der Waals surface area contributed by atoms with Crippen LogP contribution in [-0.2, 0) is 0 Å². The Bertz CT molecular complexity index is 699. The highest BCUT2D eigenvalue weighted by Crippen LogP contribution is 2.24. The van der Waals surface area contributed by atoms with Crippen LogP contribution in [-0.4, -0.2) is 31.0 Å². The third-order valence-electron chi connectivity index (χ3n) is 2.84. The predicted octanol–water partition coefficient (Wildman–Crippen LogP) is 1.87. The van der Waals surface area contributed by atoms with Gasteiger partial charge < -0.3 is 14.5 Å². The molecule has 0 atom stereocenters. The topological polar surface area (TPSA) is 92.5 Å². The van der Waals surface area contributed by atoms with Gasteiger partial charge in [-0.2, -0.15) is 0 Å². The Morgan fingerprint density at radius 3 is 2.41 bits per heavy atom. The van der Waals surface area contributed by atoms with Crippen molar-refractivity contribution in [2.75, 3.05) is 14.2 Å². The summed E-state index contributed by atoms with van der Waals surface area (Å²) in [5.74, 6) is -0.0626. The Morgan fingerprint density at radius 2 is 1.82 bits per heavy atom. The number of halogens is 1. The van der Waals surface area contributed by atoms with E-state index in [2.05, 4.69) is 31.8 Å². The second-order valence-corrected chi connectivity index (χ2v) is 5.12. The normalized spacial score (nSPS) is 9.95. The minimum Gasteiger partial charge on any atom is -0.497 e. The van der Waals surface area contributed by atoms with E-state index in [9.17, 15) is 9.59 Å². The summed E-state index contributed by atoms with van der Waals surface area (Å²) in [5.41, 5.74) is 5.23. The molecule has 3 N–H and O–H groups in total. The smallest absolute Gasteiger partial charge is 0.286 e. The summed E-state index contributed by atoms with van der Waals surface area (Å²) in [6.07, 6.45) is 1.61. The standard InChI is InChI=1S/C14H14BrN3O4/c1-21-9-3-4-10(12(6-9)22-2)13(19)17-18-14(20)11-5-8(15)7-16-11/h3-7,16H,1-2H3,(H,17,19)(H,18,20). The van der Waals surface area contributed by atoms with Gasteiger partial charge in [0.05, 0.1) is 19.8 Å². The van der Waals surface area contributed by atoms with Gasteiger partial charge in [-0.15, -0.1) is 0 Å². The first-order valence-electron chi connectivity index (χ1n) is 6.21. The SMILES string of the molecule is COc1ccc(C(=O)NNC(=O)c2cc(Br)c[nH]2)c(OC)c1. The molecule has 0 fully saturated rings. The molecule has 0 saturated heterocycles. The molecule has 0 aliphatic carbocycles. The van der Waals surface area contributed by atoms with Crippen molar-refractivity contribution in [3.63, 3.8) is 0 Å². The zero-order valence-corrected chi connectivity index (χ0v) is 13.5. The lowest BCUT2D eigenvalue weighted by Crippen LogP contribution is -2.41. The van der Waals surface area contributed by atoms with Crippen LogP contribution < -0.4 is 20.3 Å². The Morgan fingerprint density at radius 1 is 1.09 bits per heavy atom. The first-order valence-corrected chi connectivity index (χ1v) is 7.01. The molecule has 1 aromatic carbocycles. The molecular weight excluding hydrogens is 354 g/mol. The number of rotatable bonds is 4. The van der Waals surface area contributed by atoms with E-state index in [4.69, 9.17) is 9.47 Å². The molecule has 2 amide bonds. The molecule has 1 aromatic heterocycles. The van der Waals surface area contributed by atoms with E-state index in [-0.39, 0.29) is 5.56 Å². The number of carbonyl (C=O) groups is 2. The van der Waals surface area contributed by atoms with E-state index in [1.54, 1.807) is 30.5 Å². The third-order valence-corrected chi connectivity index (χ3v) is 3.29. The summed E-state index contributed by atoms with van der Waals surface area (Å²) >= 11 is 3.22. The zero-order valence-electron chi connectivity index (χ0n) is 11.9. The second kappa shape index (κ2) is 6.99. The number of nitrogens with one attached hydrogen (secondary N) is 3. The highest BCUT2D eigenvalue weighted by Gasteiger charge is 2.15. The van der Waals surface area contributed by atoms with Gasteiger partial charge in [0.15, 0.2) is 0 Å². The van der Waals surface area contributed by atoms with Crippen molar-refractivity contribution in [3.05, 3.63) is 46.2 Å². The average Bonchev–Trinajstić information content (AvgIpc) is 2.98. The maximum absolute atomic E-state index is 12.1. The van der Waals surface area contributed by atoms with E-state index in [1.165, 1.54) is 14.2 Å². The number of carbonyl (C=O) groups excluding carboxylic acids is 2. The van der Waals surface area contributed by atoms with E-state index < -0.39 is 11.8 Å². The predicted molar refractivity (Wildman–Crippen MR) is 83.0 cm³/mol. The molecule has 0 radical (unpaired) electrons. The molecule has 7 nitrogen and oxygen atoms in total. The van der Waals surface area contributed by atoms with Gasteiger partial charge in [0.1, 0.15) is 17.2 Å². The molecule has 2 aromatic rings. The molecule has 0 aliphatic heterocycles. The summed E-state index contributed by atoms with van der Waals surface area (Å²) in [6, 6.07) is 6.35. The number of hydrogen-bond donors (Lipinski definition) is 3. The average molecular weight is 368 g/mol. The highest BCUT2D eigenvalue weighted by molar-refractivity contribution is 9.10. The number of hydrazine groups is 1. The Balaban J connectivity index is 2.04. The number of aromatic amines is 1. The van der Waals surface area contributed by atoms with Gasteiger partial charge in [-0.3, -0.25) is 20.4 Å². The monoisotopic (exact) mass is 367 g/mol. The van der Waals surface area contributed by atoms with Gasteiger partial charge in [0.2, 0.25) is 0 Å². The van der Waals surface area contributed by atoms with Crippen LogP contribution >= 0.6 is 15.9 Å². The van der Waals surface area contributed by atoms with Gasteiger partial charge in [-0.1, -0.05) is 0 Å². The number of ether oxygens (including phenoxy) is 2. The Labute approximate surface area is 135 Å². The maximum Gasteiger partial charge on any atom is 0.286 e. The van der Waals surface area contributed by atoms with Crippen molar-refractivity contribution in [3.8, 4) is 11.5 Å². The summed E-state index contributed by atoms with van der Waals surface area (Å²) in [4.78, 5) is 26.7. The van der Waals surface area contributed by atoms with E-state index in [1.807, 2.05) is 0 Å². The molecule has 0 saturated carbocycles. The second-order valence-electron chi connectivity index (χ2n) is 4.21. The fraction of sp³-hybridized carbons (Fsp3) is 0.143. The van der Waals surface area contributed by atoms with Crippen LogP contribution in [0.15, 0.2) is 34.9 Å². The van der Waals surface area contributed by atoms with Gasteiger partial charge in [-0.25, -0.2) is 0 Å². The number of H-pyrrole nitrogens is 1. The molecule has 0 unspecified atom stereocenters. The molecule has 0 spiro atoms. The van der Waals surface area contributed by atoms with E-state index >= 15 is 0 Å². The molecule has 0 aliphatic rings. The van der Waals surface area contributed by atoms with Crippen molar-refractivity contribution in [1.29, 1.82) is 0 Å². The number of methoxy groups -OCH3 is 2. The van der Waals surface area contributed by atoms with Crippen LogP contribution in [0.5, 0.6) is 11.5 Å². The van der Waals surface area contributed by atoms with Crippen LogP contribution in [0.25, 0.3) is 0 Å². The quantitative estimate of drug-likeness (QED) is 0.719. The Kier molecular flexibility index (Phi) is 5.05. The van der Waals surface area contributed by atoms with Crippen LogP contribution in [0.3, 0.4) is 0 Å². The third kappa shape index (κ3) is 3.59. The van der Waals surface area contributed by atoms with Crippen molar-refractivity contribution in [1.82, 2.24) is 15.8 Å². The first-order chi connectivity index (χ1) is 10.5. The number of amides is 2. The fourth-order valence-corrected chi connectivity index (χ4v) is 2.08. The molecule has 8 heteroatoms. The summed E-state index contributed by atoms with van der Waals surface area (Å²) < 4.78 is 10.9. The molecule has 0 bridgehead atoms. The summed E-state index contributed by atoms with van der Waals surface area (Å²) in [5, 5.41) is 0. The molecule has 22 heavy (non-hydrogen) atoms. The molecule has 2 rings (SSSR count). The lowest BCUT2D eigenvalue weighted by molar-refractivity contribution is 0.0842. The highest BCUT2D eigenvalue weighted by atomic mass is 79.9. The van der Waals surface area contributed by atoms with Crippen molar-refractivity contribution < 1.29 is 19.1 Å². The van der Waals surface area contributed by atoms with Crippen LogP contribution in [0, 0.1) is 0 Å². The van der Waals surface area contributed by atoms with Gasteiger partial charge in [0.25, 0.3) is 11.8 Å². The van der Waals surface area contributed by atoms with E-state index in [0.29, 0.717) is 17.2 Å². The van der Waals surface area contributed by atoms with Crippen molar-refractivity contribution in [2.24, 2.45) is 0 Å². The Hall–Kier alpha value is -2.48. The lowest BCUT2D eigenvalue weighted by atomic mass is 10.2. The summed E-state index contributed by atoms with van der Waals surface area (Å²) in [7, 11) is 2.96. The van der Waals surface area contributed by atoms with Crippen LogP contribution in [0.4, 0.5) is 0 Å². The first kappa shape index (κ1) is 15.9. The minimum atomic E-state index is -0.501. The number of benzene rings is 1.